The lowest BCUT2D eigenvalue weighted by Gasteiger charge is -2.35. The van der Waals surface area contributed by atoms with Crippen LogP contribution in [-0.4, -0.2) is 21.9 Å². The number of hydrogen-bond acceptors (Lipinski definition) is 2. The third kappa shape index (κ3) is 2.46. The Hall–Kier alpha value is -0.800. The van der Waals surface area contributed by atoms with E-state index in [1.165, 1.54) is 5.69 Å². The van der Waals surface area contributed by atoms with E-state index in [-0.39, 0.29) is 17.1 Å². The fourth-order valence-corrected chi connectivity index (χ4v) is 3.66. The van der Waals surface area contributed by atoms with E-state index in [0.717, 1.165) is 44.4 Å². The first kappa shape index (κ1) is 13.2. The van der Waals surface area contributed by atoms with E-state index >= 15 is 0 Å². The summed E-state index contributed by atoms with van der Waals surface area (Å²) in [6, 6.07) is 2.09. The van der Waals surface area contributed by atoms with Gasteiger partial charge in [0.15, 0.2) is 0 Å². The molecule has 0 aromatic carbocycles. The van der Waals surface area contributed by atoms with Crippen molar-refractivity contribution in [3.8, 4) is 0 Å². The molecule has 1 aliphatic carbocycles. The van der Waals surface area contributed by atoms with E-state index in [1.807, 2.05) is 0 Å². The molecule has 0 bridgehead atoms. The summed E-state index contributed by atoms with van der Waals surface area (Å²) in [5, 5.41) is 10.3. The van der Waals surface area contributed by atoms with Crippen molar-refractivity contribution in [1.29, 1.82) is 0 Å². The average molecular weight is 263 g/mol. The van der Waals surface area contributed by atoms with Gasteiger partial charge in [0, 0.05) is 24.1 Å². The number of nitrogens with zero attached hydrogens (tertiary/aromatic N) is 1. The minimum Gasteiger partial charge on any atom is -0.388 e. The van der Waals surface area contributed by atoms with Crippen LogP contribution in [0.4, 0.5) is 0 Å². The Labute approximate surface area is 115 Å². The monoisotopic (exact) mass is 263 g/mol. The van der Waals surface area contributed by atoms with Crippen molar-refractivity contribution in [1.82, 2.24) is 4.57 Å². The molecule has 2 heterocycles. The molecule has 106 valence electrons. The molecule has 0 saturated carbocycles. The summed E-state index contributed by atoms with van der Waals surface area (Å²) in [6.45, 7) is 8.48. The van der Waals surface area contributed by atoms with Crippen LogP contribution in [0.2, 0.25) is 0 Å². The number of aliphatic hydroxyl groups is 1. The van der Waals surface area contributed by atoms with Gasteiger partial charge in [-0.2, -0.15) is 0 Å². The largest absolute Gasteiger partial charge is 0.388 e. The Morgan fingerprint density at radius 2 is 2.21 bits per heavy atom. The number of aromatic nitrogens is 1. The minimum absolute atomic E-state index is 0.0284. The first-order valence-corrected chi connectivity index (χ1v) is 7.39. The minimum atomic E-state index is -0.308. The highest BCUT2D eigenvalue weighted by molar-refractivity contribution is 5.29. The Balaban J connectivity index is 1.88. The van der Waals surface area contributed by atoms with Gasteiger partial charge in [0.1, 0.15) is 0 Å². The standard InChI is InChI=1S/C16H25NO2/c1-15(2)9-13-12(14(18)10-15)5-7-17(13)11-16(3)6-4-8-19-16/h5,7,14,18H,4,6,8-11H2,1-3H3. The molecule has 19 heavy (non-hydrogen) atoms. The molecule has 1 N–H and O–H groups in total. The lowest BCUT2D eigenvalue weighted by molar-refractivity contribution is 0.00474. The maximum Gasteiger partial charge on any atom is 0.0833 e. The quantitative estimate of drug-likeness (QED) is 0.890. The molecular formula is C16H25NO2. The van der Waals surface area contributed by atoms with Crippen LogP contribution in [0.25, 0.3) is 0 Å². The van der Waals surface area contributed by atoms with Gasteiger partial charge in [0.25, 0.3) is 0 Å². The molecule has 2 unspecified atom stereocenters. The lowest BCUT2D eigenvalue weighted by Crippen LogP contribution is -2.32. The molecule has 3 rings (SSSR count). The molecule has 1 aromatic heterocycles. The van der Waals surface area contributed by atoms with Crippen molar-refractivity contribution in [3.05, 3.63) is 23.5 Å². The number of fused-ring (bicyclic) bond motifs is 1. The smallest absolute Gasteiger partial charge is 0.0833 e. The SMILES string of the molecule is CC1(C)Cc2c(ccn2CC2(C)CCCO2)C(O)C1. The van der Waals surface area contributed by atoms with Gasteiger partial charge < -0.3 is 14.4 Å². The summed E-state index contributed by atoms with van der Waals surface area (Å²) < 4.78 is 8.21. The van der Waals surface area contributed by atoms with Crippen LogP contribution in [0.5, 0.6) is 0 Å². The molecule has 2 atom stereocenters. The summed E-state index contributed by atoms with van der Waals surface area (Å²) in [6.07, 6.45) is 6.01. The number of ether oxygens (including phenoxy) is 1. The Bertz CT molecular complexity index is 469. The van der Waals surface area contributed by atoms with E-state index in [4.69, 9.17) is 4.74 Å². The third-order valence-electron chi connectivity index (χ3n) is 4.67. The Morgan fingerprint density at radius 3 is 2.89 bits per heavy atom. The Morgan fingerprint density at radius 1 is 1.42 bits per heavy atom. The van der Waals surface area contributed by atoms with Crippen LogP contribution in [0.3, 0.4) is 0 Å². The van der Waals surface area contributed by atoms with Crippen molar-refractivity contribution in [2.45, 2.75) is 64.7 Å². The van der Waals surface area contributed by atoms with Crippen LogP contribution in [-0.2, 0) is 17.7 Å². The van der Waals surface area contributed by atoms with E-state index in [2.05, 4.69) is 37.6 Å². The van der Waals surface area contributed by atoms with Gasteiger partial charge in [-0.05, 0) is 44.1 Å². The molecule has 0 amide bonds. The van der Waals surface area contributed by atoms with Gasteiger partial charge in [-0.3, -0.25) is 0 Å². The van der Waals surface area contributed by atoms with Crippen LogP contribution in [0.1, 0.15) is 57.4 Å². The van der Waals surface area contributed by atoms with Crippen LogP contribution in [0, 0.1) is 5.41 Å². The van der Waals surface area contributed by atoms with Crippen LogP contribution < -0.4 is 0 Å². The molecule has 0 radical (unpaired) electrons. The first-order valence-electron chi connectivity index (χ1n) is 7.39. The molecule has 0 spiro atoms. The second-order valence-electron chi connectivity index (χ2n) is 7.31. The van der Waals surface area contributed by atoms with E-state index in [1.54, 1.807) is 0 Å². The molecular weight excluding hydrogens is 238 g/mol. The second kappa shape index (κ2) is 4.35. The highest BCUT2D eigenvalue weighted by atomic mass is 16.5. The van der Waals surface area contributed by atoms with E-state index in [9.17, 15) is 5.11 Å². The van der Waals surface area contributed by atoms with Gasteiger partial charge in [0.2, 0.25) is 0 Å². The number of aliphatic hydroxyl groups excluding tert-OH is 1. The lowest BCUT2D eigenvalue weighted by atomic mass is 9.75. The van der Waals surface area contributed by atoms with Crippen molar-refractivity contribution in [2.75, 3.05) is 6.61 Å². The normalized spacial score (nSPS) is 33.4. The molecule has 3 nitrogen and oxygen atoms in total. The molecule has 3 heteroatoms. The molecule has 1 aliphatic heterocycles. The summed E-state index contributed by atoms with van der Waals surface area (Å²) in [5.74, 6) is 0. The fourth-order valence-electron chi connectivity index (χ4n) is 3.66. The number of rotatable bonds is 2. The summed E-state index contributed by atoms with van der Waals surface area (Å²) in [4.78, 5) is 0. The third-order valence-corrected chi connectivity index (χ3v) is 4.67. The maximum atomic E-state index is 10.3. The fraction of sp³-hybridized carbons (Fsp3) is 0.750. The highest BCUT2D eigenvalue weighted by Gasteiger charge is 2.36. The zero-order valence-corrected chi connectivity index (χ0v) is 12.3. The van der Waals surface area contributed by atoms with Crippen molar-refractivity contribution < 1.29 is 9.84 Å². The van der Waals surface area contributed by atoms with Crippen molar-refractivity contribution in [2.24, 2.45) is 5.41 Å². The van der Waals surface area contributed by atoms with Crippen molar-refractivity contribution >= 4 is 0 Å². The Kier molecular flexibility index (Phi) is 3.02. The average Bonchev–Trinajstić information content (AvgIpc) is 2.86. The molecule has 1 aromatic rings. The summed E-state index contributed by atoms with van der Waals surface area (Å²) in [5.41, 5.74) is 2.58. The molecule has 1 fully saturated rings. The molecule has 2 aliphatic rings. The van der Waals surface area contributed by atoms with Gasteiger partial charge in [0.05, 0.1) is 18.2 Å². The number of hydrogen-bond donors (Lipinski definition) is 1. The highest BCUT2D eigenvalue weighted by Crippen LogP contribution is 2.41. The van der Waals surface area contributed by atoms with Crippen LogP contribution >= 0.6 is 0 Å². The van der Waals surface area contributed by atoms with E-state index in [0.29, 0.717) is 0 Å². The van der Waals surface area contributed by atoms with Gasteiger partial charge in [-0.1, -0.05) is 13.8 Å². The zero-order valence-electron chi connectivity index (χ0n) is 12.3. The van der Waals surface area contributed by atoms with Gasteiger partial charge in [-0.15, -0.1) is 0 Å². The summed E-state index contributed by atoms with van der Waals surface area (Å²) >= 11 is 0. The predicted octanol–water partition coefficient (Wildman–Crippen LogP) is 3.06. The van der Waals surface area contributed by atoms with Crippen LogP contribution in [0.15, 0.2) is 12.3 Å². The zero-order chi connectivity index (χ0) is 13.7. The second-order valence-corrected chi connectivity index (χ2v) is 7.31. The topological polar surface area (TPSA) is 34.4 Å². The van der Waals surface area contributed by atoms with Gasteiger partial charge >= 0.3 is 0 Å². The molecule has 1 saturated heterocycles. The van der Waals surface area contributed by atoms with Crippen molar-refractivity contribution in [3.63, 3.8) is 0 Å². The van der Waals surface area contributed by atoms with Gasteiger partial charge in [-0.25, -0.2) is 0 Å². The maximum absolute atomic E-state index is 10.3. The first-order chi connectivity index (χ1) is 8.89. The summed E-state index contributed by atoms with van der Waals surface area (Å²) in [7, 11) is 0. The predicted molar refractivity (Wildman–Crippen MR) is 75.1 cm³/mol. The van der Waals surface area contributed by atoms with E-state index < -0.39 is 0 Å².